The fourth-order valence-electron chi connectivity index (χ4n) is 3.46. The smallest absolute Gasteiger partial charge is 0.493 e. The van der Waals surface area contributed by atoms with Crippen LogP contribution in [0.25, 0.3) is 16.9 Å². The number of fused-ring (bicyclic) bond motifs is 1. The molecule has 0 atom stereocenters. The van der Waals surface area contributed by atoms with Crippen molar-refractivity contribution in [3.8, 4) is 40.3 Å². The molecule has 12 heteroatoms. The molecule has 0 aliphatic rings. The van der Waals surface area contributed by atoms with Gasteiger partial charge in [0.25, 0.3) is 0 Å². The number of rotatable bonds is 7. The van der Waals surface area contributed by atoms with Gasteiger partial charge < -0.3 is 29.2 Å². The minimum absolute atomic E-state index is 0.274. The van der Waals surface area contributed by atoms with E-state index < -0.39 is 12.1 Å². The van der Waals surface area contributed by atoms with Crippen LogP contribution in [0.15, 0.2) is 42.6 Å². The largest absolute Gasteiger partial charge is 0.573 e. The predicted molar refractivity (Wildman–Crippen MR) is 116 cm³/mol. The van der Waals surface area contributed by atoms with Crippen LogP contribution in [0, 0.1) is 11.3 Å². The van der Waals surface area contributed by atoms with Gasteiger partial charge in [0.2, 0.25) is 5.75 Å². The fraction of sp³-hybridized carbons (Fsp3) is 0.182. The molecule has 0 bridgehead atoms. The van der Waals surface area contributed by atoms with Crippen LogP contribution >= 0.6 is 0 Å². The summed E-state index contributed by atoms with van der Waals surface area (Å²) in [5, 5.41) is 16.7. The van der Waals surface area contributed by atoms with E-state index in [2.05, 4.69) is 20.1 Å². The molecule has 0 saturated carbocycles. The summed E-state index contributed by atoms with van der Waals surface area (Å²) >= 11 is 0. The van der Waals surface area contributed by atoms with E-state index in [0.29, 0.717) is 45.7 Å². The Balaban J connectivity index is 1.87. The van der Waals surface area contributed by atoms with Crippen molar-refractivity contribution in [2.45, 2.75) is 6.36 Å². The molecule has 176 valence electrons. The lowest BCUT2D eigenvalue weighted by Crippen LogP contribution is -2.17. The number of anilines is 2. The van der Waals surface area contributed by atoms with Crippen LogP contribution < -0.4 is 24.3 Å². The van der Waals surface area contributed by atoms with Crippen molar-refractivity contribution >= 4 is 17.2 Å². The summed E-state index contributed by atoms with van der Waals surface area (Å²) in [5.41, 5.74) is 2.01. The van der Waals surface area contributed by atoms with Gasteiger partial charge in [0.05, 0.1) is 33.2 Å². The Labute approximate surface area is 191 Å². The molecular formula is C22H18F3N5O4. The van der Waals surface area contributed by atoms with Gasteiger partial charge in [0, 0.05) is 17.3 Å². The van der Waals surface area contributed by atoms with Crippen molar-refractivity contribution in [1.82, 2.24) is 14.6 Å². The van der Waals surface area contributed by atoms with Crippen LogP contribution in [0.4, 0.5) is 24.7 Å². The molecule has 0 fully saturated rings. The highest BCUT2D eigenvalue weighted by Gasteiger charge is 2.31. The maximum absolute atomic E-state index is 12.7. The van der Waals surface area contributed by atoms with E-state index in [1.54, 1.807) is 18.2 Å². The van der Waals surface area contributed by atoms with Gasteiger partial charge in [-0.25, -0.2) is 0 Å². The average Bonchev–Trinajstić information content (AvgIpc) is 3.37. The normalized spacial score (nSPS) is 11.2. The number of nitriles is 1. The molecule has 2 N–H and O–H groups in total. The number of H-pyrrole nitrogens is 1. The van der Waals surface area contributed by atoms with Crippen molar-refractivity contribution in [1.29, 1.82) is 5.26 Å². The molecule has 0 unspecified atom stereocenters. The lowest BCUT2D eigenvalue weighted by molar-refractivity contribution is -0.274. The van der Waals surface area contributed by atoms with Crippen molar-refractivity contribution in [3.63, 3.8) is 0 Å². The molecule has 0 radical (unpaired) electrons. The van der Waals surface area contributed by atoms with Gasteiger partial charge in [0.1, 0.15) is 17.4 Å². The maximum Gasteiger partial charge on any atom is 0.573 e. The molecule has 0 saturated heterocycles. The molecule has 2 aromatic carbocycles. The van der Waals surface area contributed by atoms with Gasteiger partial charge in [-0.15, -0.1) is 13.2 Å². The Morgan fingerprint density at radius 2 is 1.76 bits per heavy atom. The number of aromatic nitrogens is 3. The van der Waals surface area contributed by atoms with Crippen molar-refractivity contribution in [2.75, 3.05) is 26.6 Å². The van der Waals surface area contributed by atoms with Crippen LogP contribution in [-0.2, 0) is 0 Å². The first-order valence-electron chi connectivity index (χ1n) is 9.71. The number of nitrogens with zero attached hydrogens (tertiary/aromatic N) is 3. The highest BCUT2D eigenvalue weighted by molar-refractivity contribution is 5.83. The Kier molecular flexibility index (Phi) is 5.85. The molecule has 2 heterocycles. The van der Waals surface area contributed by atoms with E-state index in [1.165, 1.54) is 50.2 Å². The molecule has 0 spiro atoms. The minimum Gasteiger partial charge on any atom is -0.493 e. The third-order valence-corrected chi connectivity index (χ3v) is 4.87. The summed E-state index contributed by atoms with van der Waals surface area (Å²) < 4.78 is 59.7. The second-order valence-corrected chi connectivity index (χ2v) is 6.89. The zero-order chi connectivity index (χ0) is 24.5. The number of benzene rings is 2. The number of alkyl halides is 3. The lowest BCUT2D eigenvalue weighted by atomic mass is 10.1. The van der Waals surface area contributed by atoms with Crippen LogP contribution in [0.5, 0.6) is 23.0 Å². The second kappa shape index (κ2) is 8.78. The Morgan fingerprint density at radius 1 is 1.06 bits per heavy atom. The van der Waals surface area contributed by atoms with Crippen LogP contribution in [0.1, 0.15) is 5.56 Å². The summed E-state index contributed by atoms with van der Waals surface area (Å²) in [6.45, 7) is 0. The number of ether oxygens (including phenoxy) is 4. The summed E-state index contributed by atoms with van der Waals surface area (Å²) in [5.74, 6) is 1.12. The Hall–Kier alpha value is -4.53. The van der Waals surface area contributed by atoms with E-state index in [1.807, 2.05) is 6.07 Å². The number of hydrogen-bond donors (Lipinski definition) is 2. The lowest BCUT2D eigenvalue weighted by Gasteiger charge is -2.15. The summed E-state index contributed by atoms with van der Waals surface area (Å²) in [4.78, 5) is 3.15. The topological polar surface area (TPSA) is 106 Å². The summed E-state index contributed by atoms with van der Waals surface area (Å²) in [7, 11) is 4.42. The van der Waals surface area contributed by atoms with Gasteiger partial charge in [-0.3, -0.25) is 0 Å². The minimum atomic E-state index is -4.83. The van der Waals surface area contributed by atoms with E-state index in [0.717, 1.165) is 0 Å². The Morgan fingerprint density at radius 3 is 2.35 bits per heavy atom. The van der Waals surface area contributed by atoms with Gasteiger partial charge in [-0.05, 0) is 24.3 Å². The highest BCUT2D eigenvalue weighted by atomic mass is 19.4. The molecule has 0 aliphatic heterocycles. The molecule has 34 heavy (non-hydrogen) atoms. The number of hydrogen-bond acceptors (Lipinski definition) is 7. The molecule has 0 amide bonds. The van der Waals surface area contributed by atoms with Gasteiger partial charge in [-0.2, -0.15) is 14.9 Å². The zero-order valence-corrected chi connectivity index (χ0v) is 18.1. The number of methoxy groups -OCH3 is 3. The molecule has 4 aromatic rings. The first-order valence-corrected chi connectivity index (χ1v) is 9.71. The van der Waals surface area contributed by atoms with Gasteiger partial charge in [0.15, 0.2) is 23.0 Å². The molecule has 9 nitrogen and oxygen atoms in total. The van der Waals surface area contributed by atoms with Crippen LogP contribution in [-0.4, -0.2) is 42.3 Å². The van der Waals surface area contributed by atoms with E-state index >= 15 is 0 Å². The number of halogens is 3. The Bertz CT molecular complexity index is 1360. The molecular weight excluding hydrogens is 455 g/mol. The summed E-state index contributed by atoms with van der Waals surface area (Å²) in [6, 6.07) is 10.8. The van der Waals surface area contributed by atoms with Gasteiger partial charge in [-0.1, -0.05) is 6.07 Å². The number of nitrogens with one attached hydrogen (secondary N) is 2. The van der Waals surface area contributed by atoms with Crippen LogP contribution in [0.3, 0.4) is 0 Å². The standard InChI is InChI=1S/C22H18F3N5O4/c1-31-16-7-12(8-17(32-2)19(16)33-3)18-21(30-20(29-18)13(10-26)11-27-30)28-14-5-4-6-15(9-14)34-22(23,24)25/h4-9,11,28-29H,1-3H3. The number of aromatic amines is 1. The third-order valence-electron chi connectivity index (χ3n) is 4.87. The van der Waals surface area contributed by atoms with Gasteiger partial charge >= 0.3 is 6.36 Å². The molecule has 2 aromatic heterocycles. The highest BCUT2D eigenvalue weighted by Crippen LogP contribution is 2.43. The van der Waals surface area contributed by atoms with E-state index in [9.17, 15) is 18.4 Å². The van der Waals surface area contributed by atoms with Crippen molar-refractivity contribution in [2.24, 2.45) is 0 Å². The SMILES string of the molecule is COc1cc(-c2[nH]c3c(C#N)cnn3c2Nc2cccc(OC(F)(F)F)c2)cc(OC)c1OC. The first-order chi connectivity index (χ1) is 16.3. The third kappa shape index (κ3) is 4.23. The molecule has 0 aliphatic carbocycles. The second-order valence-electron chi connectivity index (χ2n) is 6.89. The van der Waals surface area contributed by atoms with E-state index in [-0.39, 0.29) is 5.56 Å². The first kappa shape index (κ1) is 22.7. The average molecular weight is 473 g/mol. The predicted octanol–water partition coefficient (Wildman–Crippen LogP) is 4.87. The fourth-order valence-corrected chi connectivity index (χ4v) is 3.46. The summed E-state index contributed by atoms with van der Waals surface area (Å²) in [6.07, 6.45) is -3.45. The number of imidazole rings is 1. The zero-order valence-electron chi connectivity index (χ0n) is 18.1. The molecule has 4 rings (SSSR count). The van der Waals surface area contributed by atoms with Crippen molar-refractivity contribution < 1.29 is 32.1 Å². The van der Waals surface area contributed by atoms with Crippen LogP contribution in [0.2, 0.25) is 0 Å². The maximum atomic E-state index is 12.7. The monoisotopic (exact) mass is 473 g/mol. The quantitative estimate of drug-likeness (QED) is 0.395. The van der Waals surface area contributed by atoms with Crippen molar-refractivity contribution in [3.05, 3.63) is 48.2 Å². The van der Waals surface area contributed by atoms with E-state index in [4.69, 9.17) is 14.2 Å².